The first-order valence-electron chi connectivity index (χ1n) is 28.7. The molecule has 0 spiro atoms. The van der Waals surface area contributed by atoms with E-state index < -0.39 is 151 Å². The second-order valence-electron chi connectivity index (χ2n) is 24.1. The number of likely N-dealkylation sites (N-methyl/N-ethyl adjacent to an activating group) is 1. The number of cyclic esters (lactones) is 1. The number of Topliss-reactive ketones (excluding diaryl/α,β-unsaturated/α-hetero) is 2. The number of carbonyl (C=O) groups excluding carboxylic acids is 5. The van der Waals surface area contributed by atoms with Gasteiger partial charge >= 0.3 is 18.0 Å². The van der Waals surface area contributed by atoms with Crippen LogP contribution in [0.15, 0.2) is 0 Å². The van der Waals surface area contributed by atoms with Gasteiger partial charge in [0.1, 0.15) is 30.5 Å². The molecule has 2 N–H and O–H groups in total. The van der Waals surface area contributed by atoms with Crippen LogP contribution in [-0.2, 0) is 76.0 Å². The van der Waals surface area contributed by atoms with E-state index in [2.05, 4.69) is 18.7 Å². The van der Waals surface area contributed by atoms with E-state index in [0.717, 1.165) is 6.54 Å². The highest BCUT2D eigenvalue weighted by Crippen LogP contribution is 2.41. The number of esters is 2. The lowest BCUT2D eigenvalue weighted by Crippen LogP contribution is -2.59. The molecule has 450 valence electrons. The van der Waals surface area contributed by atoms with E-state index in [9.17, 15) is 24.6 Å². The summed E-state index contributed by atoms with van der Waals surface area (Å²) in [4.78, 5) is 76.9. The number of carbonyl (C=O) groups is 5. The summed E-state index contributed by atoms with van der Waals surface area (Å²) in [6.07, 6.45) is -15.0. The summed E-state index contributed by atoms with van der Waals surface area (Å²) in [6, 6.07) is 0.0174. The molecule has 0 aromatic carbocycles. The number of hydrogen-bond donors (Lipinski definition) is 2. The number of morpholine rings is 1. The average Bonchev–Trinajstić information content (AvgIpc) is 3.58. The van der Waals surface area contributed by atoms with Crippen molar-refractivity contribution >= 4 is 29.6 Å². The van der Waals surface area contributed by atoms with Gasteiger partial charge in [-0.05, 0) is 80.2 Å². The van der Waals surface area contributed by atoms with Crippen LogP contribution >= 0.6 is 0 Å². The van der Waals surface area contributed by atoms with Crippen molar-refractivity contribution in [1.29, 1.82) is 0 Å². The average molecular weight is 1120 g/mol. The zero-order chi connectivity index (χ0) is 58.2. The Morgan fingerprint density at radius 2 is 1.36 bits per heavy atom. The number of aliphatic hydroxyl groups excluding tert-OH is 2. The number of nitrogens with zero attached hydrogens (tertiary/aromatic N) is 2. The minimum atomic E-state index is -1.96. The van der Waals surface area contributed by atoms with Crippen LogP contribution in [0.1, 0.15) is 136 Å². The quantitative estimate of drug-likeness (QED) is 0.152. The van der Waals surface area contributed by atoms with Crippen LogP contribution in [-0.4, -0.2) is 206 Å². The first-order valence-corrected chi connectivity index (χ1v) is 28.7. The molecule has 24 atom stereocenters. The van der Waals surface area contributed by atoms with E-state index in [1.165, 1.54) is 19.1 Å². The molecular formula is C57H98N2O19. The highest BCUT2D eigenvalue weighted by Gasteiger charge is 2.53. The monoisotopic (exact) mass is 1110 g/mol. The standard InChI is InChI=1S/C57H98N2O19/c1-19-58-24-35(10)71-43(21-31(58)6)75-49-36(11)46(77-54-45(63)41(60)22-32(7)72-54)29(4)23-57(16,78-56(66)59-25-33(8)70-34(9)26-59)52(64)38(13)48(74-42(61)20-28(2)3)37(12)47(76-53(65)39(49)14)30(5)27-69-55-51(68-18)50(67-17)44(62)40(15)73-55/h28-40,43-51,54-55,62-63H,19-27H2,1-18H3/t29-,30-,31+,32+,33-,34+,35-,36+,37-,38+,39+,40+,43-,44+,45+,46-,47+,48+,49-,50+,51+,54-,55+,57-/m0/s1. The molecule has 5 saturated heterocycles. The van der Waals surface area contributed by atoms with Crippen LogP contribution < -0.4 is 0 Å². The summed E-state index contributed by atoms with van der Waals surface area (Å²) in [5, 5.41) is 22.3. The van der Waals surface area contributed by atoms with E-state index in [-0.39, 0.29) is 69.2 Å². The van der Waals surface area contributed by atoms with Gasteiger partial charge in [0.25, 0.3) is 0 Å². The number of ether oxygens (including phenoxy) is 12. The fourth-order valence-corrected chi connectivity index (χ4v) is 12.4. The number of ketones is 2. The summed E-state index contributed by atoms with van der Waals surface area (Å²) in [5.41, 5.74) is -1.96. The molecule has 1 amide bonds. The Bertz CT molecular complexity index is 1950. The van der Waals surface area contributed by atoms with Gasteiger partial charge in [0, 0.05) is 63.8 Å². The van der Waals surface area contributed by atoms with Crippen molar-refractivity contribution in [2.75, 3.05) is 47.0 Å². The highest BCUT2D eigenvalue weighted by molar-refractivity contribution is 5.91. The Hall–Kier alpha value is -2.93. The van der Waals surface area contributed by atoms with Gasteiger partial charge in [-0.1, -0.05) is 55.4 Å². The molecule has 21 heteroatoms. The number of rotatable bonds is 15. The van der Waals surface area contributed by atoms with Crippen molar-refractivity contribution in [2.45, 2.75) is 246 Å². The number of amides is 1. The topological polar surface area (TPSA) is 243 Å². The third-order valence-electron chi connectivity index (χ3n) is 16.6. The minimum Gasteiger partial charge on any atom is -0.461 e. The number of aliphatic hydroxyl groups is 2. The van der Waals surface area contributed by atoms with Gasteiger partial charge in [-0.2, -0.15) is 0 Å². The largest absolute Gasteiger partial charge is 0.461 e. The molecule has 0 aliphatic carbocycles. The molecule has 78 heavy (non-hydrogen) atoms. The third-order valence-corrected chi connectivity index (χ3v) is 16.6. The summed E-state index contributed by atoms with van der Waals surface area (Å²) in [7, 11) is 2.91. The van der Waals surface area contributed by atoms with Crippen molar-refractivity contribution < 1.29 is 91.0 Å². The summed E-state index contributed by atoms with van der Waals surface area (Å²) in [5.74, 6) is -7.98. The number of methoxy groups -OCH3 is 2. The van der Waals surface area contributed by atoms with Gasteiger partial charge in [-0.25, -0.2) is 4.79 Å². The zero-order valence-electron chi connectivity index (χ0n) is 49.9. The molecule has 21 nitrogen and oxygen atoms in total. The molecule has 5 fully saturated rings. The molecule has 0 radical (unpaired) electrons. The van der Waals surface area contributed by atoms with Crippen molar-refractivity contribution in [3.05, 3.63) is 0 Å². The van der Waals surface area contributed by atoms with E-state index >= 15 is 9.59 Å². The van der Waals surface area contributed by atoms with E-state index in [4.69, 9.17) is 56.8 Å². The molecule has 0 saturated carbocycles. The van der Waals surface area contributed by atoms with Crippen LogP contribution in [0.25, 0.3) is 0 Å². The Balaban J connectivity index is 1.71. The van der Waals surface area contributed by atoms with Gasteiger partial charge in [0.2, 0.25) is 0 Å². The van der Waals surface area contributed by atoms with Crippen LogP contribution in [0.2, 0.25) is 0 Å². The van der Waals surface area contributed by atoms with Crippen LogP contribution in [0.4, 0.5) is 4.79 Å². The Morgan fingerprint density at radius 3 is 1.96 bits per heavy atom. The van der Waals surface area contributed by atoms with Crippen molar-refractivity contribution in [3.63, 3.8) is 0 Å². The maximum absolute atomic E-state index is 15.9. The van der Waals surface area contributed by atoms with Crippen LogP contribution in [0, 0.1) is 41.4 Å². The maximum atomic E-state index is 15.9. The molecule has 5 rings (SSSR count). The molecule has 0 aromatic rings. The Morgan fingerprint density at radius 1 is 0.731 bits per heavy atom. The lowest BCUT2D eigenvalue weighted by atomic mass is 9.74. The number of hydrogen-bond acceptors (Lipinski definition) is 20. The smallest absolute Gasteiger partial charge is 0.410 e. The predicted octanol–water partition coefficient (Wildman–Crippen LogP) is 5.48. The lowest BCUT2D eigenvalue weighted by Gasteiger charge is -2.45. The van der Waals surface area contributed by atoms with Gasteiger partial charge in [-0.3, -0.25) is 24.1 Å². The minimum absolute atomic E-state index is 0.00568. The molecule has 0 unspecified atom stereocenters. The Labute approximate surface area is 463 Å². The van der Waals surface area contributed by atoms with Gasteiger partial charge < -0.3 is 72.0 Å². The van der Waals surface area contributed by atoms with Gasteiger partial charge in [0.05, 0.1) is 74.3 Å². The summed E-state index contributed by atoms with van der Waals surface area (Å²) >= 11 is 0. The van der Waals surface area contributed by atoms with E-state index in [1.54, 1.807) is 48.5 Å². The molecule has 5 aliphatic rings. The summed E-state index contributed by atoms with van der Waals surface area (Å²) in [6.45, 7) is 30.7. The normalized spacial score (nSPS) is 42.6. The van der Waals surface area contributed by atoms with Gasteiger partial charge in [0.15, 0.2) is 42.1 Å². The highest BCUT2D eigenvalue weighted by atomic mass is 16.7. The molecule has 0 bridgehead atoms. The Kier molecular flexibility index (Phi) is 24.4. The zero-order valence-corrected chi connectivity index (χ0v) is 49.9. The summed E-state index contributed by atoms with van der Waals surface area (Å²) < 4.78 is 76.2. The SMILES string of the molecule is CCN1C[C@H](C)O[C@@H](O[C@H]2[C@H](C)[C@@H](O[C@@H]3O[C@H](C)CC(=O)[C@H]3O)[C@@H](C)C[C@](C)(OC(=O)N3C[C@@H](C)O[C@@H](C)C3)C(=O)[C@H](C)[C@H](OC(=O)CC(C)C)[C@@H](C)[C@@H]([C@@H](C)CO[C@@H]3O[C@H](C)[C@@H](O)[C@@H](OC)[C@H]3OC)OC(=O)[C@@H]2C)C[C@H]1C. The maximum Gasteiger partial charge on any atom is 0.410 e. The first-order chi connectivity index (χ1) is 36.5. The molecule has 0 aromatic heterocycles. The predicted molar refractivity (Wildman–Crippen MR) is 284 cm³/mol. The first kappa shape index (κ1) is 65.9. The van der Waals surface area contributed by atoms with E-state index in [1.807, 2.05) is 48.5 Å². The van der Waals surface area contributed by atoms with Crippen molar-refractivity contribution in [3.8, 4) is 0 Å². The fourth-order valence-electron chi connectivity index (χ4n) is 12.4. The lowest BCUT2D eigenvalue weighted by molar-refractivity contribution is -0.305. The molecule has 5 aliphatic heterocycles. The second kappa shape index (κ2) is 28.9. The third kappa shape index (κ3) is 16.4. The fraction of sp³-hybridized carbons (Fsp3) is 0.912. The van der Waals surface area contributed by atoms with Crippen LogP contribution in [0.3, 0.4) is 0 Å². The van der Waals surface area contributed by atoms with Crippen molar-refractivity contribution in [1.82, 2.24) is 9.80 Å². The second-order valence-corrected chi connectivity index (χ2v) is 24.1. The van der Waals surface area contributed by atoms with Crippen LogP contribution in [0.5, 0.6) is 0 Å². The molecule has 5 heterocycles. The van der Waals surface area contributed by atoms with E-state index in [0.29, 0.717) is 13.0 Å². The molecular weight excluding hydrogens is 1020 g/mol. The van der Waals surface area contributed by atoms with Crippen molar-refractivity contribution in [2.24, 2.45) is 41.4 Å². The van der Waals surface area contributed by atoms with Gasteiger partial charge in [-0.15, -0.1) is 0 Å².